The van der Waals surface area contributed by atoms with Crippen molar-refractivity contribution in [1.29, 1.82) is 0 Å². The Morgan fingerprint density at radius 1 is 0.310 bits per heavy atom. The monoisotopic (exact) mass is 748 g/mol. The molecule has 0 bridgehead atoms. The average molecular weight is 749 g/mol. The molecule has 0 saturated heterocycles. The molecule has 0 atom stereocenters. The van der Waals surface area contributed by atoms with Crippen LogP contribution >= 0.6 is 0 Å². The van der Waals surface area contributed by atoms with Crippen LogP contribution in [0, 0.1) is 27.7 Å². The highest BCUT2D eigenvalue weighted by Gasteiger charge is 2.25. The second kappa shape index (κ2) is 13.1. The minimum atomic E-state index is 0.798. The van der Waals surface area contributed by atoms with Crippen LogP contribution in [0.3, 0.4) is 0 Å². The van der Waals surface area contributed by atoms with E-state index in [1.165, 1.54) is 22.3 Å². The molecular weight excluding hydrogens is 709 g/mol. The zero-order chi connectivity index (χ0) is 39.1. The first-order chi connectivity index (χ1) is 28.4. The first-order valence-corrected chi connectivity index (χ1v) is 19.9. The highest BCUT2D eigenvalue weighted by molar-refractivity contribution is 6.32. The Hall–Kier alpha value is -7.30. The Balaban J connectivity index is 1.19. The molecule has 2 aromatic heterocycles. The highest BCUT2D eigenvalue weighted by atomic mass is 16.3. The molecule has 4 nitrogen and oxygen atoms in total. The van der Waals surface area contributed by atoms with Gasteiger partial charge in [-0.2, -0.15) is 0 Å². The Labute approximate surface area is 336 Å². The lowest BCUT2D eigenvalue weighted by molar-refractivity contribution is 0.663. The normalized spacial score (nSPS) is 11.8. The largest absolute Gasteiger partial charge is 0.456 e. The minimum absolute atomic E-state index is 0.798. The average Bonchev–Trinajstić information content (AvgIpc) is 3.82. The number of anilines is 6. The van der Waals surface area contributed by atoms with E-state index in [4.69, 9.17) is 8.83 Å². The number of rotatable bonds is 6. The molecule has 11 aromatic rings. The standard InChI is InChI=1S/C54H40N2O2/c1-33-13-21-37(22-14-33)55(38-23-15-34(2)16-24-38)46-31-49-51(43-11-7-5-9-41(43)46)45-29-30-48-53(54(45)58-49)52-44-12-8-6-10-42(44)47(32-50(52)57-48)56(39-25-17-35(3)18-26-39)40-27-19-36(4)20-28-40/h5-32H,1-4H3. The maximum atomic E-state index is 7.13. The van der Waals surface area contributed by atoms with Crippen molar-refractivity contribution >= 4 is 99.5 Å². The summed E-state index contributed by atoms with van der Waals surface area (Å²) in [6, 6.07) is 61.1. The van der Waals surface area contributed by atoms with Gasteiger partial charge in [-0.25, -0.2) is 0 Å². The predicted octanol–water partition coefficient (Wildman–Crippen LogP) is 16.0. The van der Waals surface area contributed by atoms with Crippen molar-refractivity contribution in [2.45, 2.75) is 27.7 Å². The third-order valence-corrected chi connectivity index (χ3v) is 11.7. The van der Waals surface area contributed by atoms with E-state index in [2.05, 4.69) is 207 Å². The molecule has 0 aliphatic carbocycles. The van der Waals surface area contributed by atoms with Crippen LogP contribution in [0.5, 0.6) is 0 Å². The molecule has 4 heteroatoms. The van der Waals surface area contributed by atoms with Gasteiger partial charge < -0.3 is 18.6 Å². The van der Waals surface area contributed by atoms with E-state index in [0.717, 1.165) is 99.5 Å². The van der Waals surface area contributed by atoms with Crippen molar-refractivity contribution in [3.05, 3.63) is 192 Å². The molecule has 0 aliphatic rings. The number of aryl methyl sites for hydroxylation is 4. The SMILES string of the molecule is Cc1ccc(N(c2ccc(C)cc2)c2cc3oc4c(ccc5oc6cc(N(c7ccc(C)cc7)c7ccc(C)cc7)c7ccccc7c6c54)c3c3ccccc23)cc1. The van der Waals surface area contributed by atoms with Gasteiger partial charge in [-0.15, -0.1) is 0 Å². The van der Waals surface area contributed by atoms with Crippen LogP contribution in [0.15, 0.2) is 179 Å². The summed E-state index contributed by atoms with van der Waals surface area (Å²) in [4.78, 5) is 4.69. The summed E-state index contributed by atoms with van der Waals surface area (Å²) < 4.78 is 14.0. The maximum absolute atomic E-state index is 7.13. The van der Waals surface area contributed by atoms with Crippen LogP contribution in [0.25, 0.3) is 65.4 Å². The summed E-state index contributed by atoms with van der Waals surface area (Å²) in [7, 11) is 0. The Morgan fingerprint density at radius 2 is 0.690 bits per heavy atom. The van der Waals surface area contributed by atoms with E-state index in [1.54, 1.807) is 0 Å². The summed E-state index contributed by atoms with van der Waals surface area (Å²) in [6.45, 7) is 8.51. The number of fused-ring (bicyclic) bond motifs is 11. The quantitative estimate of drug-likeness (QED) is 0.170. The van der Waals surface area contributed by atoms with Crippen molar-refractivity contribution in [2.24, 2.45) is 0 Å². The molecule has 0 radical (unpaired) electrons. The van der Waals surface area contributed by atoms with E-state index in [1.807, 2.05) is 0 Å². The van der Waals surface area contributed by atoms with Crippen LogP contribution in [-0.4, -0.2) is 0 Å². The fourth-order valence-electron chi connectivity index (χ4n) is 8.78. The summed E-state index contributed by atoms with van der Waals surface area (Å²) in [5.74, 6) is 0. The van der Waals surface area contributed by atoms with Crippen molar-refractivity contribution < 1.29 is 8.83 Å². The molecule has 9 aromatic carbocycles. The van der Waals surface area contributed by atoms with Gasteiger partial charge in [-0.3, -0.25) is 0 Å². The summed E-state index contributed by atoms with van der Waals surface area (Å²) >= 11 is 0. The topological polar surface area (TPSA) is 32.8 Å². The van der Waals surface area contributed by atoms with Gasteiger partial charge in [0.25, 0.3) is 0 Å². The lowest BCUT2D eigenvalue weighted by atomic mass is 9.98. The first kappa shape index (κ1) is 34.0. The fraction of sp³-hybridized carbons (Fsp3) is 0.0741. The van der Waals surface area contributed by atoms with Crippen LogP contribution in [0.2, 0.25) is 0 Å². The van der Waals surface area contributed by atoms with Crippen molar-refractivity contribution in [2.75, 3.05) is 9.80 Å². The van der Waals surface area contributed by atoms with Gasteiger partial charge in [0, 0.05) is 61.8 Å². The molecule has 0 unspecified atom stereocenters. The van der Waals surface area contributed by atoms with Crippen LogP contribution in [-0.2, 0) is 0 Å². The van der Waals surface area contributed by atoms with Gasteiger partial charge in [0.15, 0.2) is 0 Å². The third kappa shape index (κ3) is 5.37. The molecule has 0 aliphatic heterocycles. The summed E-state index contributed by atoms with van der Waals surface area (Å²) in [5, 5.41) is 8.75. The minimum Gasteiger partial charge on any atom is -0.456 e. The fourth-order valence-corrected chi connectivity index (χ4v) is 8.78. The predicted molar refractivity (Wildman–Crippen MR) is 244 cm³/mol. The highest BCUT2D eigenvalue weighted by Crippen LogP contribution is 2.49. The van der Waals surface area contributed by atoms with E-state index in [0.29, 0.717) is 0 Å². The number of benzene rings is 9. The third-order valence-electron chi connectivity index (χ3n) is 11.7. The van der Waals surface area contributed by atoms with Gasteiger partial charge in [0.1, 0.15) is 22.3 Å². The van der Waals surface area contributed by atoms with Crippen LogP contribution < -0.4 is 9.80 Å². The molecule has 0 spiro atoms. The second-order valence-electron chi connectivity index (χ2n) is 15.7. The number of hydrogen-bond donors (Lipinski definition) is 0. The van der Waals surface area contributed by atoms with Gasteiger partial charge in [0.2, 0.25) is 0 Å². The number of hydrogen-bond acceptors (Lipinski definition) is 4. The Kier molecular flexibility index (Phi) is 7.70. The van der Waals surface area contributed by atoms with Crippen molar-refractivity contribution in [1.82, 2.24) is 0 Å². The molecule has 0 saturated carbocycles. The van der Waals surface area contributed by atoms with Crippen LogP contribution in [0.4, 0.5) is 34.1 Å². The molecular formula is C54H40N2O2. The number of furan rings is 2. The molecule has 0 N–H and O–H groups in total. The first-order valence-electron chi connectivity index (χ1n) is 19.9. The smallest absolute Gasteiger partial charge is 0.147 e. The lowest BCUT2D eigenvalue weighted by Crippen LogP contribution is -2.10. The van der Waals surface area contributed by atoms with E-state index in [-0.39, 0.29) is 0 Å². The van der Waals surface area contributed by atoms with Crippen LogP contribution in [0.1, 0.15) is 22.3 Å². The van der Waals surface area contributed by atoms with Gasteiger partial charge in [0.05, 0.1) is 16.8 Å². The maximum Gasteiger partial charge on any atom is 0.147 e. The molecule has 11 rings (SSSR count). The Morgan fingerprint density at radius 3 is 1.12 bits per heavy atom. The van der Waals surface area contributed by atoms with Gasteiger partial charge >= 0.3 is 0 Å². The van der Waals surface area contributed by atoms with E-state index in [9.17, 15) is 0 Å². The summed E-state index contributed by atoms with van der Waals surface area (Å²) in [6.07, 6.45) is 0. The molecule has 0 fully saturated rings. The van der Waals surface area contributed by atoms with E-state index < -0.39 is 0 Å². The molecule has 58 heavy (non-hydrogen) atoms. The zero-order valence-corrected chi connectivity index (χ0v) is 32.9. The lowest BCUT2D eigenvalue weighted by Gasteiger charge is -2.27. The molecule has 0 amide bonds. The molecule has 278 valence electrons. The Bertz CT molecular complexity index is 3260. The zero-order valence-electron chi connectivity index (χ0n) is 32.9. The van der Waals surface area contributed by atoms with E-state index >= 15 is 0 Å². The number of nitrogens with zero attached hydrogens (tertiary/aromatic N) is 2. The summed E-state index contributed by atoms with van der Waals surface area (Å²) in [5.41, 5.74) is 14.6. The van der Waals surface area contributed by atoms with Gasteiger partial charge in [-0.1, -0.05) is 119 Å². The van der Waals surface area contributed by atoms with Crippen molar-refractivity contribution in [3.8, 4) is 0 Å². The van der Waals surface area contributed by atoms with Crippen molar-refractivity contribution in [3.63, 3.8) is 0 Å². The molecule has 2 heterocycles. The second-order valence-corrected chi connectivity index (χ2v) is 15.7. The van der Waals surface area contributed by atoms with Gasteiger partial charge in [-0.05, 0) is 99.1 Å².